The van der Waals surface area contributed by atoms with Crippen molar-refractivity contribution >= 4 is 5.97 Å². The van der Waals surface area contributed by atoms with Gasteiger partial charge in [-0.1, -0.05) is 30.3 Å². The molecule has 0 N–H and O–H groups in total. The maximum atomic E-state index is 11.6. The Hall–Kier alpha value is -1.39. The summed E-state index contributed by atoms with van der Waals surface area (Å²) in [6, 6.07) is 10.6. The quantitative estimate of drug-likeness (QED) is 0.788. The molecule has 1 aromatic carbocycles. The number of hydrogen-bond acceptors (Lipinski definition) is 4. The van der Waals surface area contributed by atoms with Gasteiger partial charge >= 0.3 is 5.97 Å². The molecule has 0 saturated carbocycles. The van der Waals surface area contributed by atoms with Gasteiger partial charge in [0.15, 0.2) is 0 Å². The van der Waals surface area contributed by atoms with Crippen molar-refractivity contribution in [3.05, 3.63) is 35.9 Å². The summed E-state index contributed by atoms with van der Waals surface area (Å²) in [4.78, 5) is 16.5. The van der Waals surface area contributed by atoms with E-state index in [1.54, 1.807) is 0 Å². The van der Waals surface area contributed by atoms with Crippen molar-refractivity contribution in [2.24, 2.45) is 11.8 Å². The number of likely N-dealkylation sites (tertiary alicyclic amines) is 2. The first kappa shape index (κ1) is 14.5. The maximum absolute atomic E-state index is 11.6. The summed E-state index contributed by atoms with van der Waals surface area (Å²) >= 11 is 0. The molecule has 2 aliphatic rings. The van der Waals surface area contributed by atoms with E-state index in [-0.39, 0.29) is 12.0 Å². The number of benzene rings is 1. The summed E-state index contributed by atoms with van der Waals surface area (Å²) in [5, 5.41) is 0. The number of methoxy groups -OCH3 is 1. The summed E-state index contributed by atoms with van der Waals surface area (Å²) in [6.07, 6.45) is 0. The van der Waals surface area contributed by atoms with Crippen LogP contribution in [0.4, 0.5) is 0 Å². The van der Waals surface area contributed by atoms with Gasteiger partial charge in [-0.05, 0) is 24.3 Å². The summed E-state index contributed by atoms with van der Waals surface area (Å²) < 4.78 is 4.86. The third-order valence-corrected chi connectivity index (χ3v) is 4.93. The van der Waals surface area contributed by atoms with Gasteiger partial charge in [-0.3, -0.25) is 14.6 Å². The molecule has 4 nitrogen and oxygen atoms in total. The van der Waals surface area contributed by atoms with Gasteiger partial charge in [0, 0.05) is 32.7 Å². The number of carbonyl (C=O) groups excluding carboxylic acids is 1. The molecule has 0 aliphatic carbocycles. The molecule has 0 bridgehead atoms. The van der Waals surface area contributed by atoms with Gasteiger partial charge in [0.2, 0.25) is 0 Å². The molecule has 3 rings (SSSR count). The second-order valence-corrected chi connectivity index (χ2v) is 6.35. The van der Waals surface area contributed by atoms with Crippen LogP contribution in [0.2, 0.25) is 0 Å². The molecule has 2 heterocycles. The fourth-order valence-corrected chi connectivity index (χ4v) is 3.73. The van der Waals surface area contributed by atoms with Gasteiger partial charge in [-0.2, -0.15) is 0 Å². The van der Waals surface area contributed by atoms with E-state index in [0.29, 0.717) is 11.8 Å². The van der Waals surface area contributed by atoms with Crippen molar-refractivity contribution in [1.29, 1.82) is 0 Å². The first-order valence-electron chi connectivity index (χ1n) is 7.75. The number of rotatable bonds is 4. The van der Waals surface area contributed by atoms with Gasteiger partial charge in [-0.15, -0.1) is 0 Å². The molecule has 21 heavy (non-hydrogen) atoms. The van der Waals surface area contributed by atoms with Gasteiger partial charge in [0.25, 0.3) is 0 Å². The van der Waals surface area contributed by atoms with Crippen LogP contribution in [-0.2, 0) is 16.1 Å². The Labute approximate surface area is 126 Å². The third kappa shape index (κ3) is 3.11. The molecule has 2 fully saturated rings. The number of fused-ring (bicyclic) bond motifs is 1. The van der Waals surface area contributed by atoms with Gasteiger partial charge in [-0.25, -0.2) is 0 Å². The molecule has 0 unspecified atom stereocenters. The normalized spacial score (nSPS) is 27.5. The predicted octanol–water partition coefficient (Wildman–Crippen LogP) is 1.61. The van der Waals surface area contributed by atoms with Gasteiger partial charge < -0.3 is 4.74 Å². The highest BCUT2D eigenvalue weighted by atomic mass is 16.5. The molecular weight excluding hydrogens is 264 g/mol. The Morgan fingerprint density at radius 1 is 1.19 bits per heavy atom. The van der Waals surface area contributed by atoms with E-state index in [1.807, 2.05) is 6.92 Å². The van der Waals surface area contributed by atoms with E-state index in [0.717, 1.165) is 32.7 Å². The van der Waals surface area contributed by atoms with E-state index < -0.39 is 0 Å². The van der Waals surface area contributed by atoms with Crippen molar-refractivity contribution in [3.63, 3.8) is 0 Å². The zero-order valence-electron chi connectivity index (χ0n) is 12.9. The summed E-state index contributed by atoms with van der Waals surface area (Å²) in [6.45, 7) is 7.32. The largest absolute Gasteiger partial charge is 0.468 e. The lowest BCUT2D eigenvalue weighted by atomic mass is 10.0. The van der Waals surface area contributed by atoms with Crippen molar-refractivity contribution in [3.8, 4) is 0 Å². The molecule has 0 radical (unpaired) electrons. The molecule has 2 saturated heterocycles. The number of ether oxygens (including phenoxy) is 1. The Kier molecular flexibility index (Phi) is 4.27. The van der Waals surface area contributed by atoms with Crippen LogP contribution in [0.3, 0.4) is 0 Å². The summed E-state index contributed by atoms with van der Waals surface area (Å²) in [7, 11) is 1.47. The van der Waals surface area contributed by atoms with Crippen molar-refractivity contribution in [2.45, 2.75) is 19.5 Å². The lowest BCUT2D eigenvalue weighted by molar-refractivity contribution is -0.146. The molecule has 114 valence electrons. The standard InChI is InChI=1S/C17H24N2O2/c1-13(17(20)21-2)19-11-15-9-18(10-16(15)12-19)8-14-6-4-3-5-7-14/h3-7,13,15-16H,8-12H2,1-2H3/t13-,15-,16+/m0/s1. The van der Waals surface area contributed by atoms with Crippen molar-refractivity contribution < 1.29 is 9.53 Å². The Balaban J connectivity index is 1.53. The molecule has 3 atom stereocenters. The van der Waals surface area contributed by atoms with Crippen LogP contribution < -0.4 is 0 Å². The number of esters is 1. The predicted molar refractivity (Wildman–Crippen MR) is 81.8 cm³/mol. The Morgan fingerprint density at radius 2 is 1.81 bits per heavy atom. The summed E-state index contributed by atoms with van der Waals surface area (Å²) in [5.74, 6) is 1.28. The highest BCUT2D eigenvalue weighted by Gasteiger charge is 2.42. The van der Waals surface area contributed by atoms with Crippen LogP contribution >= 0.6 is 0 Å². The lowest BCUT2D eigenvalue weighted by Gasteiger charge is -2.25. The zero-order chi connectivity index (χ0) is 14.8. The molecule has 4 heteroatoms. The van der Waals surface area contributed by atoms with Crippen LogP contribution in [0.5, 0.6) is 0 Å². The average Bonchev–Trinajstić information content (AvgIpc) is 3.05. The molecule has 1 aromatic rings. The monoisotopic (exact) mass is 288 g/mol. The van der Waals surface area contributed by atoms with Gasteiger partial charge in [0.05, 0.1) is 7.11 Å². The molecule has 0 spiro atoms. The minimum absolute atomic E-state index is 0.108. The van der Waals surface area contributed by atoms with E-state index in [1.165, 1.54) is 12.7 Å². The van der Waals surface area contributed by atoms with Gasteiger partial charge in [0.1, 0.15) is 6.04 Å². The zero-order valence-corrected chi connectivity index (χ0v) is 12.9. The smallest absolute Gasteiger partial charge is 0.322 e. The molecule has 0 aromatic heterocycles. The SMILES string of the molecule is COC(=O)[C@H](C)N1C[C@H]2CN(Cc3ccccc3)C[C@H]2C1. The van der Waals surface area contributed by atoms with E-state index in [2.05, 4.69) is 40.1 Å². The van der Waals surface area contributed by atoms with E-state index in [4.69, 9.17) is 4.74 Å². The molecular formula is C17H24N2O2. The topological polar surface area (TPSA) is 32.8 Å². The van der Waals surface area contributed by atoms with E-state index in [9.17, 15) is 4.79 Å². The highest BCUT2D eigenvalue weighted by Crippen LogP contribution is 2.32. The van der Waals surface area contributed by atoms with Crippen LogP contribution in [-0.4, -0.2) is 55.1 Å². The maximum Gasteiger partial charge on any atom is 0.322 e. The second kappa shape index (κ2) is 6.16. The average molecular weight is 288 g/mol. The minimum Gasteiger partial charge on any atom is -0.468 e. The Morgan fingerprint density at radius 3 is 2.38 bits per heavy atom. The minimum atomic E-state index is -0.115. The first-order chi connectivity index (χ1) is 10.2. The summed E-state index contributed by atoms with van der Waals surface area (Å²) in [5.41, 5.74) is 1.39. The molecule has 2 aliphatic heterocycles. The van der Waals surface area contributed by atoms with Crippen LogP contribution in [0.25, 0.3) is 0 Å². The first-order valence-corrected chi connectivity index (χ1v) is 7.75. The second-order valence-electron chi connectivity index (χ2n) is 6.35. The number of nitrogens with zero attached hydrogens (tertiary/aromatic N) is 2. The molecule has 0 amide bonds. The van der Waals surface area contributed by atoms with Crippen LogP contribution in [0.15, 0.2) is 30.3 Å². The number of carbonyl (C=O) groups is 1. The van der Waals surface area contributed by atoms with Crippen LogP contribution in [0, 0.1) is 11.8 Å². The highest BCUT2D eigenvalue weighted by molar-refractivity contribution is 5.75. The number of hydrogen-bond donors (Lipinski definition) is 0. The fraction of sp³-hybridized carbons (Fsp3) is 0.588. The van der Waals surface area contributed by atoms with Crippen molar-refractivity contribution in [1.82, 2.24) is 9.80 Å². The fourth-order valence-electron chi connectivity index (χ4n) is 3.73. The van der Waals surface area contributed by atoms with E-state index >= 15 is 0 Å². The van der Waals surface area contributed by atoms with Crippen molar-refractivity contribution in [2.75, 3.05) is 33.3 Å². The Bertz CT molecular complexity index is 477. The van der Waals surface area contributed by atoms with Crippen LogP contribution in [0.1, 0.15) is 12.5 Å². The third-order valence-electron chi connectivity index (χ3n) is 4.93. The lowest BCUT2D eigenvalue weighted by Crippen LogP contribution is -2.40.